The van der Waals surface area contributed by atoms with Gasteiger partial charge in [0.05, 0.1) is 4.90 Å². The van der Waals surface area contributed by atoms with Crippen molar-refractivity contribution < 1.29 is 30.4 Å². The summed E-state index contributed by atoms with van der Waals surface area (Å²) in [6.45, 7) is -0.740. The number of aromatic nitrogens is 1. The molecule has 0 radical (unpaired) electrons. The van der Waals surface area contributed by atoms with E-state index in [0.717, 1.165) is 0 Å². The Morgan fingerprint density at radius 3 is 2.16 bits per heavy atom. The summed E-state index contributed by atoms with van der Waals surface area (Å²) in [7, 11) is -4.64. The van der Waals surface area contributed by atoms with Gasteiger partial charge in [-0.2, -0.15) is 13.2 Å². The zero-order valence-corrected chi connectivity index (χ0v) is 9.89. The third-order valence-electron chi connectivity index (χ3n) is 2.12. The van der Waals surface area contributed by atoms with Crippen LogP contribution in [0, 0.1) is 0 Å². The van der Waals surface area contributed by atoms with Crippen molar-refractivity contribution in [1.82, 2.24) is 4.98 Å². The van der Waals surface area contributed by atoms with E-state index in [1.807, 2.05) is 0 Å². The number of hydrogen-bond acceptors (Lipinski definition) is 4. The molecule has 0 aliphatic carbocycles. The minimum absolute atomic E-state index is 0.0867. The van der Waals surface area contributed by atoms with Crippen LogP contribution in [0.5, 0.6) is 0 Å². The van der Waals surface area contributed by atoms with E-state index in [0.29, 0.717) is 0 Å². The molecule has 0 atom stereocenters. The minimum Gasteiger partial charge on any atom is -0.326 e. The van der Waals surface area contributed by atoms with Crippen LogP contribution in [-0.2, 0) is 22.7 Å². The van der Waals surface area contributed by atoms with Gasteiger partial charge in [-0.3, -0.25) is 0 Å². The molecule has 0 bridgehead atoms. The van der Waals surface area contributed by atoms with E-state index in [2.05, 4.69) is 4.98 Å². The Morgan fingerprint density at radius 1 is 1.32 bits per heavy atom. The zero-order valence-electron chi connectivity index (χ0n) is 9.08. The fraction of sp³-hybridized carbons (Fsp3) is 0.375. The number of sulfonamides is 1. The summed E-state index contributed by atoms with van der Waals surface area (Å²) in [6, 6.07) is 0.0867. The fourth-order valence-electron chi connectivity index (χ4n) is 1.35. The monoisotopic (exact) mass is 305 g/mol. The second-order valence-corrected chi connectivity index (χ2v) is 4.95. The number of nitrogens with zero attached hydrogens (tertiary/aromatic N) is 1. The highest BCUT2D eigenvalue weighted by molar-refractivity contribution is 7.89. The number of hydrogen-bond donors (Lipinski definition) is 2. The van der Waals surface area contributed by atoms with Gasteiger partial charge in [-0.25, -0.2) is 27.3 Å². The molecule has 0 amide bonds. The Bertz CT molecular complexity index is 585. The van der Waals surface area contributed by atoms with Crippen molar-refractivity contribution in [3.8, 4) is 0 Å². The van der Waals surface area contributed by atoms with E-state index in [1.54, 1.807) is 0 Å². The molecular formula is C8H8F5N3O2S. The first-order valence-corrected chi connectivity index (χ1v) is 6.15. The zero-order chi connectivity index (χ0) is 15.0. The molecule has 1 heterocycles. The second kappa shape index (κ2) is 4.98. The first-order valence-electron chi connectivity index (χ1n) is 4.60. The third kappa shape index (κ3) is 3.36. The van der Waals surface area contributed by atoms with Gasteiger partial charge in [0.15, 0.2) is 0 Å². The molecule has 0 unspecified atom stereocenters. The summed E-state index contributed by atoms with van der Waals surface area (Å²) < 4.78 is 84.9. The van der Waals surface area contributed by atoms with Gasteiger partial charge in [0, 0.05) is 12.1 Å². The van der Waals surface area contributed by atoms with Crippen LogP contribution in [0.15, 0.2) is 11.0 Å². The normalized spacial score (nSPS) is 13.1. The quantitative estimate of drug-likeness (QED) is 0.818. The predicted molar refractivity (Wildman–Crippen MR) is 53.5 cm³/mol. The Kier molecular flexibility index (Phi) is 4.12. The van der Waals surface area contributed by atoms with Gasteiger partial charge in [-0.1, -0.05) is 0 Å². The molecule has 1 aromatic heterocycles. The van der Waals surface area contributed by atoms with Crippen LogP contribution in [0.2, 0.25) is 0 Å². The lowest BCUT2D eigenvalue weighted by Crippen LogP contribution is -2.21. The van der Waals surface area contributed by atoms with Crippen molar-refractivity contribution in [2.24, 2.45) is 10.9 Å². The number of rotatable bonds is 3. The Morgan fingerprint density at radius 2 is 1.84 bits per heavy atom. The lowest BCUT2D eigenvalue weighted by Gasteiger charge is -2.14. The largest absolute Gasteiger partial charge is 0.433 e. The molecule has 0 saturated heterocycles. The van der Waals surface area contributed by atoms with Crippen LogP contribution >= 0.6 is 0 Å². The molecular weight excluding hydrogens is 297 g/mol. The molecule has 5 nitrogen and oxygen atoms in total. The van der Waals surface area contributed by atoms with Gasteiger partial charge in [0.25, 0.3) is 6.43 Å². The molecule has 0 aromatic carbocycles. The van der Waals surface area contributed by atoms with Crippen molar-refractivity contribution in [2.45, 2.75) is 24.0 Å². The summed E-state index contributed by atoms with van der Waals surface area (Å²) in [6.07, 6.45) is -8.50. The Balaban J connectivity index is 3.75. The number of primary sulfonamides is 1. The second-order valence-electron chi connectivity index (χ2n) is 3.42. The van der Waals surface area contributed by atoms with Gasteiger partial charge >= 0.3 is 6.18 Å². The van der Waals surface area contributed by atoms with E-state index in [-0.39, 0.29) is 6.07 Å². The van der Waals surface area contributed by atoms with Gasteiger partial charge in [0.2, 0.25) is 10.0 Å². The van der Waals surface area contributed by atoms with E-state index in [1.165, 1.54) is 0 Å². The fourth-order valence-corrected chi connectivity index (χ4v) is 2.16. The summed E-state index contributed by atoms with van der Waals surface area (Å²) in [5, 5.41) is 4.69. The van der Waals surface area contributed by atoms with E-state index in [9.17, 15) is 30.4 Å². The van der Waals surface area contributed by atoms with Crippen molar-refractivity contribution >= 4 is 10.0 Å². The third-order valence-corrected chi connectivity index (χ3v) is 3.10. The van der Waals surface area contributed by atoms with Crippen molar-refractivity contribution in [2.75, 3.05) is 0 Å². The van der Waals surface area contributed by atoms with Crippen molar-refractivity contribution in [3.05, 3.63) is 23.0 Å². The molecule has 0 fully saturated rings. The summed E-state index contributed by atoms with van der Waals surface area (Å²) >= 11 is 0. The molecule has 1 rings (SSSR count). The van der Waals surface area contributed by atoms with Crippen LogP contribution in [-0.4, -0.2) is 13.4 Å². The van der Waals surface area contributed by atoms with Crippen molar-refractivity contribution in [3.63, 3.8) is 0 Å². The molecule has 108 valence electrons. The standard InChI is InChI=1S/C8H8F5N3O2S/c9-7(10)6-3(2-14)4(19(15,17)18)1-5(16-6)8(11,12)13/h1,7H,2,14H2,(H2,15,17,18). The van der Waals surface area contributed by atoms with Gasteiger partial charge < -0.3 is 5.73 Å². The van der Waals surface area contributed by atoms with E-state index >= 15 is 0 Å². The van der Waals surface area contributed by atoms with Crippen LogP contribution in [0.1, 0.15) is 23.4 Å². The van der Waals surface area contributed by atoms with Gasteiger partial charge in [-0.15, -0.1) is 0 Å². The number of alkyl halides is 5. The molecule has 0 aliphatic heterocycles. The molecule has 0 spiro atoms. The number of nitrogens with two attached hydrogens (primary N) is 2. The first-order chi connectivity index (χ1) is 8.48. The molecule has 4 N–H and O–H groups in total. The topological polar surface area (TPSA) is 99.1 Å². The molecule has 0 aliphatic rings. The Labute approximate surface area is 104 Å². The number of pyridine rings is 1. The maximum absolute atomic E-state index is 12.6. The van der Waals surface area contributed by atoms with Crippen LogP contribution in [0.4, 0.5) is 22.0 Å². The molecule has 11 heteroatoms. The smallest absolute Gasteiger partial charge is 0.326 e. The van der Waals surface area contributed by atoms with Gasteiger partial charge in [0.1, 0.15) is 11.4 Å². The maximum Gasteiger partial charge on any atom is 0.433 e. The Hall–Kier alpha value is -1.33. The van der Waals surface area contributed by atoms with E-state index < -0.39 is 51.0 Å². The molecule has 19 heavy (non-hydrogen) atoms. The lowest BCUT2D eigenvalue weighted by molar-refractivity contribution is -0.141. The van der Waals surface area contributed by atoms with E-state index in [4.69, 9.17) is 10.9 Å². The lowest BCUT2D eigenvalue weighted by atomic mass is 10.1. The average molecular weight is 305 g/mol. The highest BCUT2D eigenvalue weighted by atomic mass is 32.2. The van der Waals surface area contributed by atoms with Crippen molar-refractivity contribution in [1.29, 1.82) is 0 Å². The minimum atomic E-state index is -5.09. The predicted octanol–water partition coefficient (Wildman–Crippen LogP) is 1.14. The van der Waals surface area contributed by atoms with Crippen LogP contribution in [0.25, 0.3) is 0 Å². The van der Waals surface area contributed by atoms with Crippen LogP contribution < -0.4 is 10.9 Å². The maximum atomic E-state index is 12.6. The SMILES string of the molecule is NCc1c(S(N)(=O)=O)cc(C(F)(F)F)nc1C(F)F. The van der Waals surface area contributed by atoms with Gasteiger partial charge in [-0.05, 0) is 6.07 Å². The molecule has 0 saturated carbocycles. The summed E-state index contributed by atoms with van der Waals surface area (Å²) in [5.41, 5.74) is 1.22. The number of halogens is 5. The first kappa shape index (κ1) is 15.7. The molecule has 1 aromatic rings. The summed E-state index contributed by atoms with van der Waals surface area (Å²) in [5.74, 6) is 0. The van der Waals surface area contributed by atoms with Crippen LogP contribution in [0.3, 0.4) is 0 Å². The summed E-state index contributed by atoms with van der Waals surface area (Å²) in [4.78, 5) is 1.61. The highest BCUT2D eigenvalue weighted by Gasteiger charge is 2.36. The highest BCUT2D eigenvalue weighted by Crippen LogP contribution is 2.33. The average Bonchev–Trinajstić information content (AvgIpc) is 2.24.